The highest BCUT2D eigenvalue weighted by molar-refractivity contribution is 5.82. The maximum absolute atomic E-state index is 12.1. The lowest BCUT2D eigenvalue weighted by Crippen LogP contribution is -2.44. The smallest absolute Gasteiger partial charge is 0.306 e. The highest BCUT2D eigenvalue weighted by Crippen LogP contribution is 2.23. The van der Waals surface area contributed by atoms with Crippen molar-refractivity contribution in [2.45, 2.75) is 79.1 Å². The van der Waals surface area contributed by atoms with E-state index in [1.54, 1.807) is 0 Å². The minimum atomic E-state index is -1.53. The van der Waals surface area contributed by atoms with E-state index in [-0.39, 0.29) is 74.5 Å². The predicted molar refractivity (Wildman–Crippen MR) is 126 cm³/mol. The molecule has 208 valence electrons. The Morgan fingerprint density at radius 1 is 0.378 bits per heavy atom. The van der Waals surface area contributed by atoms with Crippen LogP contribution in [0.2, 0.25) is 0 Å². The molecule has 0 rings (SSSR count). The molecule has 0 heterocycles. The molecule has 0 spiro atoms. The van der Waals surface area contributed by atoms with Crippen molar-refractivity contribution >= 4 is 47.0 Å². The molecule has 37 heavy (non-hydrogen) atoms. The van der Waals surface area contributed by atoms with Crippen LogP contribution in [-0.2, 0) is 57.3 Å². The van der Waals surface area contributed by atoms with Gasteiger partial charge in [0.15, 0.2) is 0 Å². The van der Waals surface area contributed by atoms with Crippen molar-refractivity contribution in [2.24, 2.45) is 5.41 Å². The number of ketones is 4. The first kappa shape index (κ1) is 33.6. The maximum atomic E-state index is 12.1. The Labute approximate surface area is 215 Å². The molecule has 0 unspecified atom stereocenters. The zero-order chi connectivity index (χ0) is 28.4. The third-order valence-electron chi connectivity index (χ3n) is 4.88. The molecule has 0 saturated carbocycles. The zero-order valence-corrected chi connectivity index (χ0v) is 21.9. The van der Waals surface area contributed by atoms with Gasteiger partial charge in [-0.1, -0.05) is 0 Å². The van der Waals surface area contributed by atoms with E-state index < -0.39 is 55.7 Å². The fourth-order valence-corrected chi connectivity index (χ4v) is 2.59. The SMILES string of the molecule is CC(=O)CCC(=O)OCC(COC(=O)CCC(C)=O)(COC(=O)CCC(C)=O)COC(=O)CCC(C)=O. The van der Waals surface area contributed by atoms with Crippen LogP contribution in [0, 0.1) is 5.41 Å². The van der Waals surface area contributed by atoms with Gasteiger partial charge in [0.25, 0.3) is 0 Å². The summed E-state index contributed by atoms with van der Waals surface area (Å²) in [5, 5.41) is 0. The van der Waals surface area contributed by atoms with Crippen molar-refractivity contribution in [2.75, 3.05) is 26.4 Å². The van der Waals surface area contributed by atoms with Crippen LogP contribution in [0.4, 0.5) is 0 Å². The van der Waals surface area contributed by atoms with Crippen LogP contribution in [0.15, 0.2) is 0 Å². The predicted octanol–water partition coefficient (Wildman–Crippen LogP) is 1.62. The summed E-state index contributed by atoms with van der Waals surface area (Å²) in [5.74, 6) is -3.96. The molecule has 12 nitrogen and oxygen atoms in total. The van der Waals surface area contributed by atoms with Gasteiger partial charge >= 0.3 is 23.9 Å². The van der Waals surface area contributed by atoms with E-state index in [4.69, 9.17) is 18.9 Å². The molecule has 0 fully saturated rings. The minimum Gasteiger partial charge on any atom is -0.465 e. The van der Waals surface area contributed by atoms with Crippen LogP contribution in [0.5, 0.6) is 0 Å². The first-order chi connectivity index (χ1) is 17.2. The van der Waals surface area contributed by atoms with E-state index in [1.807, 2.05) is 0 Å². The highest BCUT2D eigenvalue weighted by atomic mass is 16.6. The van der Waals surface area contributed by atoms with E-state index in [9.17, 15) is 38.4 Å². The molecule has 0 aromatic carbocycles. The quantitative estimate of drug-likeness (QED) is 0.165. The number of hydrogen-bond acceptors (Lipinski definition) is 12. The van der Waals surface area contributed by atoms with Gasteiger partial charge in [0, 0.05) is 25.7 Å². The number of esters is 4. The van der Waals surface area contributed by atoms with Crippen molar-refractivity contribution in [1.82, 2.24) is 0 Å². The molecule has 0 aliphatic heterocycles. The third-order valence-corrected chi connectivity index (χ3v) is 4.88. The second-order valence-corrected chi connectivity index (χ2v) is 8.95. The van der Waals surface area contributed by atoms with Crippen LogP contribution in [0.3, 0.4) is 0 Å². The van der Waals surface area contributed by atoms with Crippen LogP contribution < -0.4 is 0 Å². The molecule has 0 atom stereocenters. The molecule has 0 aliphatic carbocycles. The lowest BCUT2D eigenvalue weighted by atomic mass is 9.92. The summed E-state index contributed by atoms with van der Waals surface area (Å²) in [5.41, 5.74) is -1.53. The molecule has 0 amide bonds. The zero-order valence-electron chi connectivity index (χ0n) is 21.9. The van der Waals surface area contributed by atoms with Crippen molar-refractivity contribution in [3.8, 4) is 0 Å². The van der Waals surface area contributed by atoms with Crippen LogP contribution >= 0.6 is 0 Å². The molecule has 0 saturated heterocycles. The van der Waals surface area contributed by atoms with Crippen LogP contribution in [0.1, 0.15) is 79.1 Å². The summed E-state index contributed by atoms with van der Waals surface area (Å²) in [6, 6.07) is 0. The Morgan fingerprint density at radius 3 is 0.730 bits per heavy atom. The third kappa shape index (κ3) is 18.5. The normalized spacial score (nSPS) is 10.7. The van der Waals surface area contributed by atoms with Gasteiger partial charge in [-0.3, -0.25) is 19.2 Å². The molecular formula is C25H36O12. The van der Waals surface area contributed by atoms with Crippen LogP contribution in [-0.4, -0.2) is 73.4 Å². The average Bonchev–Trinajstić information content (AvgIpc) is 2.82. The van der Waals surface area contributed by atoms with Crippen molar-refractivity contribution in [3.05, 3.63) is 0 Å². The fourth-order valence-electron chi connectivity index (χ4n) is 2.59. The molecule has 0 aliphatic rings. The first-order valence-corrected chi connectivity index (χ1v) is 11.8. The van der Waals surface area contributed by atoms with E-state index in [1.165, 1.54) is 27.7 Å². The van der Waals surface area contributed by atoms with Crippen molar-refractivity contribution in [3.63, 3.8) is 0 Å². The number of Topliss-reactive ketones (excluding diaryl/α,β-unsaturated/α-hetero) is 4. The lowest BCUT2D eigenvalue weighted by Gasteiger charge is -2.31. The molecule has 0 radical (unpaired) electrons. The lowest BCUT2D eigenvalue weighted by molar-refractivity contribution is -0.171. The first-order valence-electron chi connectivity index (χ1n) is 11.8. The Morgan fingerprint density at radius 2 is 0.568 bits per heavy atom. The molecule has 0 bridgehead atoms. The molecule has 0 N–H and O–H groups in total. The van der Waals surface area contributed by atoms with Crippen LogP contribution in [0.25, 0.3) is 0 Å². The van der Waals surface area contributed by atoms with Crippen molar-refractivity contribution < 1.29 is 57.3 Å². The Balaban J connectivity index is 5.65. The van der Waals surface area contributed by atoms with Gasteiger partial charge in [0.2, 0.25) is 0 Å². The van der Waals surface area contributed by atoms with E-state index in [0.717, 1.165) is 0 Å². The summed E-state index contributed by atoms with van der Waals surface area (Å²) in [6.45, 7) is 3.18. The summed E-state index contributed by atoms with van der Waals surface area (Å²) >= 11 is 0. The standard InChI is InChI=1S/C25H36O12/c1-17(26)5-9-21(30)34-13-25(14-35-22(31)10-6-18(2)27,15-36-23(32)11-7-19(3)28)16-37-24(33)12-8-20(4)29/h5-16H2,1-4H3. The van der Waals surface area contributed by atoms with Gasteiger partial charge in [0.05, 0.1) is 25.7 Å². The molecule has 12 heteroatoms. The van der Waals surface area contributed by atoms with Gasteiger partial charge in [-0.15, -0.1) is 0 Å². The Kier molecular flexibility index (Phi) is 16.2. The number of carbonyl (C=O) groups excluding carboxylic acids is 8. The topological polar surface area (TPSA) is 173 Å². The summed E-state index contributed by atoms with van der Waals surface area (Å²) in [6.07, 6.45) is -1.14. The molecule has 0 aromatic rings. The largest absolute Gasteiger partial charge is 0.465 e. The molecule has 0 aromatic heterocycles. The summed E-state index contributed by atoms with van der Waals surface area (Å²) in [7, 11) is 0. The summed E-state index contributed by atoms with van der Waals surface area (Å²) in [4.78, 5) is 93.2. The number of ether oxygens (including phenoxy) is 4. The van der Waals surface area contributed by atoms with Gasteiger partial charge in [0.1, 0.15) is 55.0 Å². The summed E-state index contributed by atoms with van der Waals surface area (Å²) < 4.78 is 20.9. The monoisotopic (exact) mass is 528 g/mol. The number of hydrogen-bond donors (Lipinski definition) is 0. The Bertz CT molecular complexity index is 716. The fraction of sp³-hybridized carbons (Fsp3) is 0.680. The van der Waals surface area contributed by atoms with E-state index in [2.05, 4.69) is 0 Å². The van der Waals surface area contributed by atoms with Gasteiger partial charge in [-0.2, -0.15) is 0 Å². The maximum Gasteiger partial charge on any atom is 0.306 e. The molecular weight excluding hydrogens is 492 g/mol. The Hall–Kier alpha value is -3.44. The van der Waals surface area contributed by atoms with E-state index in [0.29, 0.717) is 0 Å². The number of carbonyl (C=O) groups is 8. The van der Waals surface area contributed by atoms with Gasteiger partial charge in [-0.25, -0.2) is 0 Å². The van der Waals surface area contributed by atoms with Gasteiger partial charge < -0.3 is 38.1 Å². The second-order valence-electron chi connectivity index (χ2n) is 8.95. The number of rotatable bonds is 20. The van der Waals surface area contributed by atoms with Crippen molar-refractivity contribution in [1.29, 1.82) is 0 Å². The minimum absolute atomic E-state index is 0.0636. The second kappa shape index (κ2) is 17.9. The van der Waals surface area contributed by atoms with E-state index >= 15 is 0 Å². The average molecular weight is 529 g/mol. The van der Waals surface area contributed by atoms with Gasteiger partial charge in [-0.05, 0) is 27.7 Å². The highest BCUT2D eigenvalue weighted by Gasteiger charge is 2.38.